The molecule has 2 N–H and O–H groups in total. The van der Waals surface area contributed by atoms with E-state index in [9.17, 15) is 9.65 Å². The van der Waals surface area contributed by atoms with Gasteiger partial charge in [-0.2, -0.15) is 5.26 Å². The number of fused-ring (bicyclic) bond motifs is 1. The Labute approximate surface area is 239 Å². The fourth-order valence-corrected chi connectivity index (χ4v) is 5.98. The molecule has 0 amide bonds. The molecule has 0 spiro atoms. The Balaban J connectivity index is 1.45. The summed E-state index contributed by atoms with van der Waals surface area (Å²) < 4.78 is 15.7. The van der Waals surface area contributed by atoms with E-state index in [2.05, 4.69) is 45.8 Å². The number of pyridine rings is 1. The lowest BCUT2D eigenvalue weighted by Crippen LogP contribution is -2.39. The third-order valence-electron chi connectivity index (χ3n) is 8.35. The first-order valence-corrected chi connectivity index (χ1v) is 14.1. The Morgan fingerprint density at radius 1 is 1.18 bits per heavy atom. The van der Waals surface area contributed by atoms with Crippen LogP contribution in [-0.4, -0.2) is 33.9 Å². The molecule has 2 atom stereocenters. The average Bonchev–Trinajstić information content (AvgIpc) is 3.65. The zero-order chi connectivity index (χ0) is 28.1. The molecule has 0 saturated heterocycles. The van der Waals surface area contributed by atoms with Gasteiger partial charge in [-0.3, -0.25) is 4.98 Å². The molecule has 2 heterocycles. The molecule has 2 fully saturated rings. The molecule has 1 unspecified atom stereocenters. The van der Waals surface area contributed by atoms with Gasteiger partial charge in [-0.15, -0.1) is 5.10 Å². The summed E-state index contributed by atoms with van der Waals surface area (Å²) in [5.74, 6) is -0.363. The van der Waals surface area contributed by atoms with E-state index in [1.165, 1.54) is 18.6 Å². The molecule has 2 aliphatic rings. The van der Waals surface area contributed by atoms with Gasteiger partial charge in [-0.05, 0) is 60.9 Å². The number of aromatic nitrogens is 4. The minimum absolute atomic E-state index is 0.0720. The highest BCUT2D eigenvalue weighted by Crippen LogP contribution is 2.41. The smallest absolute Gasteiger partial charge is 0.123 e. The summed E-state index contributed by atoms with van der Waals surface area (Å²) in [6, 6.07) is 12.5. The quantitative estimate of drug-likeness (QED) is 0.248. The third kappa shape index (κ3) is 4.90. The fraction of sp³-hybridized carbons (Fsp3) is 0.400. The number of anilines is 2. The van der Waals surface area contributed by atoms with Gasteiger partial charge in [0.1, 0.15) is 25.4 Å². The maximum Gasteiger partial charge on any atom is 0.123 e. The van der Waals surface area contributed by atoms with Crippen LogP contribution in [0.2, 0.25) is 5.02 Å². The number of benzene rings is 2. The minimum Gasteiger partial charge on any atom is -0.380 e. The Morgan fingerprint density at radius 2 is 1.95 bits per heavy atom. The van der Waals surface area contributed by atoms with Crippen LogP contribution in [0, 0.1) is 22.6 Å². The molecular formula is C30H30BClFN7. The van der Waals surface area contributed by atoms with Crippen molar-refractivity contribution in [3.05, 3.63) is 76.5 Å². The van der Waals surface area contributed by atoms with Crippen molar-refractivity contribution in [2.75, 3.05) is 10.6 Å². The highest BCUT2D eigenvalue weighted by Gasteiger charge is 2.35. The third-order valence-corrected chi connectivity index (χ3v) is 8.64. The molecule has 7 nitrogen and oxygen atoms in total. The van der Waals surface area contributed by atoms with Gasteiger partial charge in [-0.1, -0.05) is 55.6 Å². The van der Waals surface area contributed by atoms with Crippen LogP contribution in [0.5, 0.6) is 0 Å². The van der Waals surface area contributed by atoms with Crippen LogP contribution >= 0.6 is 11.6 Å². The summed E-state index contributed by atoms with van der Waals surface area (Å²) in [5, 5.41) is 26.9. The van der Waals surface area contributed by atoms with Crippen molar-refractivity contribution in [1.29, 1.82) is 5.26 Å². The predicted molar refractivity (Wildman–Crippen MR) is 156 cm³/mol. The predicted octanol–water partition coefficient (Wildman–Crippen LogP) is 6.69. The monoisotopic (exact) mass is 553 g/mol. The second kappa shape index (κ2) is 10.1. The van der Waals surface area contributed by atoms with Gasteiger partial charge in [0.15, 0.2) is 0 Å². The summed E-state index contributed by atoms with van der Waals surface area (Å²) in [7, 11) is 7.05. The van der Waals surface area contributed by atoms with E-state index in [4.69, 9.17) is 19.4 Å². The molecule has 40 heavy (non-hydrogen) atoms. The van der Waals surface area contributed by atoms with Gasteiger partial charge >= 0.3 is 0 Å². The molecule has 2 aromatic carbocycles. The molecule has 2 aliphatic carbocycles. The molecular weight excluding hydrogens is 524 g/mol. The highest BCUT2D eigenvalue weighted by molar-refractivity contribution is 6.36. The number of hydrogen-bond acceptors (Lipinski definition) is 6. The summed E-state index contributed by atoms with van der Waals surface area (Å²) in [4.78, 5) is 4.51. The highest BCUT2D eigenvalue weighted by atomic mass is 35.5. The van der Waals surface area contributed by atoms with Crippen molar-refractivity contribution >= 4 is 41.7 Å². The Hall–Kier alpha value is -3.64. The lowest BCUT2D eigenvalue weighted by molar-refractivity contribution is 0.217. The van der Waals surface area contributed by atoms with Gasteiger partial charge in [0.25, 0.3) is 0 Å². The Kier molecular flexibility index (Phi) is 6.70. The van der Waals surface area contributed by atoms with Gasteiger partial charge in [-0.25, -0.2) is 9.07 Å². The number of rotatable bonds is 7. The zero-order valence-electron chi connectivity index (χ0n) is 22.6. The molecule has 6 rings (SSSR count). The average molecular weight is 554 g/mol. The van der Waals surface area contributed by atoms with E-state index in [-0.39, 0.29) is 17.3 Å². The maximum absolute atomic E-state index is 13.9. The maximum atomic E-state index is 13.9. The van der Waals surface area contributed by atoms with Crippen LogP contribution in [-0.2, 0) is 5.44 Å². The van der Waals surface area contributed by atoms with Crippen molar-refractivity contribution in [2.45, 2.75) is 69.9 Å². The fourth-order valence-electron chi connectivity index (χ4n) is 5.71. The SMILES string of the molecule is [B]C(Nc1cc(Cl)c2ncc(C#N)c(N[C@@H]3CCCCC3(C)C)c2c1)(c1ccc(F)cc1)c1cn(C2CC2)nn1. The van der Waals surface area contributed by atoms with E-state index < -0.39 is 5.44 Å². The largest absolute Gasteiger partial charge is 0.380 e. The van der Waals surface area contributed by atoms with E-state index >= 15 is 0 Å². The molecule has 4 aromatic rings. The summed E-state index contributed by atoms with van der Waals surface area (Å²) in [6.07, 6.45) is 9.96. The summed E-state index contributed by atoms with van der Waals surface area (Å²) in [5.41, 5.74) is 2.20. The molecule has 0 aliphatic heterocycles. The first-order valence-electron chi connectivity index (χ1n) is 13.7. The first-order chi connectivity index (χ1) is 19.2. The van der Waals surface area contributed by atoms with Crippen LogP contribution in [0.15, 0.2) is 48.8 Å². The number of nitrogens with one attached hydrogen (secondary N) is 2. The van der Waals surface area contributed by atoms with Crippen molar-refractivity contribution in [2.24, 2.45) is 5.41 Å². The van der Waals surface area contributed by atoms with Gasteiger partial charge in [0.05, 0.1) is 39.5 Å². The molecule has 2 aromatic heterocycles. The molecule has 202 valence electrons. The van der Waals surface area contributed by atoms with E-state index in [0.29, 0.717) is 44.8 Å². The van der Waals surface area contributed by atoms with Gasteiger partial charge in [0, 0.05) is 23.3 Å². The van der Waals surface area contributed by atoms with Crippen LogP contribution < -0.4 is 10.6 Å². The van der Waals surface area contributed by atoms with E-state index in [1.54, 1.807) is 24.4 Å². The first kappa shape index (κ1) is 26.6. The second-order valence-electron chi connectivity index (χ2n) is 11.7. The number of halogens is 2. The van der Waals surface area contributed by atoms with Crippen LogP contribution in [0.1, 0.15) is 75.2 Å². The molecule has 2 saturated carbocycles. The topological polar surface area (TPSA) is 91.5 Å². The lowest BCUT2D eigenvalue weighted by Gasteiger charge is -2.40. The molecule has 2 radical (unpaired) electrons. The standard InChI is InChI=1S/C30H30BClFN7/c1-29(2)12-4-3-5-25(29)36-27-18(15-34)16-35-28-23(27)13-21(14-24(28)32)37-30(31,19-6-8-20(33)9-7-19)26-17-40(39-38-26)22-10-11-22/h6-9,13-14,16-17,22,25,37H,3-5,10-12H2,1-2H3,(H,35,36)/t25-,30?/m1/s1. The van der Waals surface area contributed by atoms with Crippen molar-refractivity contribution < 1.29 is 4.39 Å². The van der Waals surface area contributed by atoms with Gasteiger partial charge in [0.2, 0.25) is 0 Å². The van der Waals surface area contributed by atoms with Crippen molar-refractivity contribution in [3.63, 3.8) is 0 Å². The number of hydrogen-bond donors (Lipinski definition) is 2. The molecule has 0 bridgehead atoms. The van der Waals surface area contributed by atoms with E-state index in [1.807, 2.05) is 16.9 Å². The van der Waals surface area contributed by atoms with E-state index in [0.717, 1.165) is 37.5 Å². The van der Waals surface area contributed by atoms with Gasteiger partial charge < -0.3 is 10.6 Å². The lowest BCUT2D eigenvalue weighted by atomic mass is 9.69. The van der Waals surface area contributed by atoms with Crippen molar-refractivity contribution in [3.8, 4) is 6.07 Å². The number of nitriles is 1. The van der Waals surface area contributed by atoms with Crippen molar-refractivity contribution in [1.82, 2.24) is 20.0 Å². The summed E-state index contributed by atoms with van der Waals surface area (Å²) in [6.45, 7) is 4.53. The Bertz CT molecular complexity index is 1610. The van der Waals surface area contributed by atoms with Crippen LogP contribution in [0.4, 0.5) is 15.8 Å². The molecule has 10 heteroatoms. The zero-order valence-corrected chi connectivity index (χ0v) is 23.3. The van der Waals surface area contributed by atoms with Crippen LogP contribution in [0.3, 0.4) is 0 Å². The summed E-state index contributed by atoms with van der Waals surface area (Å²) >= 11 is 6.79. The Morgan fingerprint density at radius 3 is 2.65 bits per heavy atom. The second-order valence-corrected chi connectivity index (χ2v) is 12.1. The number of nitrogens with zero attached hydrogens (tertiary/aromatic N) is 5. The minimum atomic E-state index is -1.34. The normalized spacial score (nSPS) is 20.0. The van der Waals surface area contributed by atoms with Crippen LogP contribution in [0.25, 0.3) is 10.9 Å².